The normalized spacial score (nSPS) is 19.3. The highest BCUT2D eigenvalue weighted by Gasteiger charge is 2.35. The fourth-order valence-corrected chi connectivity index (χ4v) is 3.40. The largest absolute Gasteiger partial charge is 0.435 e. The van der Waals surface area contributed by atoms with Crippen molar-refractivity contribution in [2.45, 2.75) is 25.1 Å². The van der Waals surface area contributed by atoms with Crippen LogP contribution >= 0.6 is 0 Å². The summed E-state index contributed by atoms with van der Waals surface area (Å²) < 4.78 is 65.1. The Hall–Kier alpha value is -1.13. The smallest absolute Gasteiger partial charge is 0.269 e. The Morgan fingerprint density at radius 3 is 2.29 bits per heavy atom. The van der Waals surface area contributed by atoms with E-state index in [0.717, 1.165) is 10.4 Å². The van der Waals surface area contributed by atoms with Crippen molar-refractivity contribution in [3.8, 4) is 0 Å². The maximum Gasteiger partial charge on any atom is 0.435 e. The molecule has 0 atom stereocenters. The van der Waals surface area contributed by atoms with Gasteiger partial charge in [0.25, 0.3) is 10.2 Å². The molecular weight excluding hydrogens is 309 g/mol. The van der Waals surface area contributed by atoms with Crippen LogP contribution in [0.3, 0.4) is 0 Å². The van der Waals surface area contributed by atoms with E-state index in [-0.39, 0.29) is 19.1 Å². The summed E-state index contributed by atoms with van der Waals surface area (Å²) >= 11 is 0. The van der Waals surface area contributed by atoms with Crippen molar-refractivity contribution in [2.24, 2.45) is 0 Å². The lowest BCUT2D eigenvalue weighted by Crippen LogP contribution is -2.44. The zero-order chi connectivity index (χ0) is 15.8. The van der Waals surface area contributed by atoms with Crippen LogP contribution in [-0.4, -0.2) is 54.0 Å². The van der Waals surface area contributed by atoms with Gasteiger partial charge in [-0.3, -0.25) is 4.68 Å². The summed E-state index contributed by atoms with van der Waals surface area (Å²) in [5.74, 6) is 0. The van der Waals surface area contributed by atoms with Gasteiger partial charge in [0.15, 0.2) is 5.69 Å². The molecule has 1 aliphatic rings. The molecule has 0 spiro atoms. The quantitative estimate of drug-likeness (QED) is 0.842. The third kappa shape index (κ3) is 3.38. The number of hydrogen-bond acceptors (Lipinski definition) is 3. The second kappa shape index (κ2) is 5.58. The second-order valence-corrected chi connectivity index (χ2v) is 7.24. The number of hydrogen-bond donors (Lipinski definition) is 0. The Morgan fingerprint density at radius 2 is 1.86 bits per heavy atom. The van der Waals surface area contributed by atoms with Crippen molar-refractivity contribution in [3.05, 3.63) is 18.0 Å². The van der Waals surface area contributed by atoms with Gasteiger partial charge in [-0.1, -0.05) is 0 Å². The van der Waals surface area contributed by atoms with Crippen molar-refractivity contribution >= 4 is 10.2 Å². The highest BCUT2D eigenvalue weighted by atomic mass is 32.2. The first-order valence-electron chi connectivity index (χ1n) is 6.42. The molecular formula is C11H17F3N4O2S. The molecule has 10 heteroatoms. The summed E-state index contributed by atoms with van der Waals surface area (Å²) in [6, 6.07) is 0.720. The van der Waals surface area contributed by atoms with Crippen LogP contribution in [0.15, 0.2) is 12.3 Å². The minimum absolute atomic E-state index is 0.213. The van der Waals surface area contributed by atoms with Gasteiger partial charge in [-0.15, -0.1) is 0 Å². The lowest BCUT2D eigenvalue weighted by atomic mass is 10.1. The van der Waals surface area contributed by atoms with Crippen LogP contribution in [0.2, 0.25) is 0 Å². The van der Waals surface area contributed by atoms with Crippen LogP contribution in [0, 0.1) is 0 Å². The lowest BCUT2D eigenvalue weighted by molar-refractivity contribution is -0.141. The molecule has 120 valence electrons. The van der Waals surface area contributed by atoms with Gasteiger partial charge >= 0.3 is 6.18 Å². The third-order valence-electron chi connectivity index (χ3n) is 3.48. The molecule has 0 unspecified atom stereocenters. The van der Waals surface area contributed by atoms with Crippen molar-refractivity contribution in [1.82, 2.24) is 18.4 Å². The van der Waals surface area contributed by atoms with E-state index >= 15 is 0 Å². The first-order chi connectivity index (χ1) is 9.62. The van der Waals surface area contributed by atoms with Crippen LogP contribution in [0.5, 0.6) is 0 Å². The van der Waals surface area contributed by atoms with Gasteiger partial charge in [-0.25, -0.2) is 0 Å². The fourth-order valence-electron chi connectivity index (χ4n) is 2.26. The Labute approximate surface area is 121 Å². The highest BCUT2D eigenvalue weighted by Crippen LogP contribution is 2.30. The molecule has 1 aromatic rings. The van der Waals surface area contributed by atoms with E-state index in [4.69, 9.17) is 0 Å². The zero-order valence-corrected chi connectivity index (χ0v) is 12.5. The van der Waals surface area contributed by atoms with E-state index in [2.05, 4.69) is 5.10 Å². The highest BCUT2D eigenvalue weighted by molar-refractivity contribution is 7.86. The minimum atomic E-state index is -4.46. The number of alkyl halides is 3. The van der Waals surface area contributed by atoms with Crippen LogP contribution in [-0.2, 0) is 16.4 Å². The van der Waals surface area contributed by atoms with Crippen LogP contribution in [0.4, 0.5) is 13.2 Å². The molecule has 0 bridgehead atoms. The molecule has 0 aliphatic carbocycles. The average Bonchev–Trinajstić information content (AvgIpc) is 2.88. The van der Waals surface area contributed by atoms with Crippen molar-refractivity contribution in [1.29, 1.82) is 0 Å². The Kier molecular flexibility index (Phi) is 4.31. The SMILES string of the molecule is CN(C)S(=O)(=O)N1CCC(n2ccc(C(F)(F)F)n2)CC1. The van der Waals surface area contributed by atoms with Gasteiger partial charge in [0.1, 0.15) is 0 Å². The summed E-state index contributed by atoms with van der Waals surface area (Å²) in [4.78, 5) is 0. The molecule has 0 N–H and O–H groups in total. The number of nitrogens with zero attached hydrogens (tertiary/aromatic N) is 4. The summed E-state index contributed by atoms with van der Waals surface area (Å²) in [7, 11) is -0.569. The van der Waals surface area contributed by atoms with Crippen molar-refractivity contribution in [3.63, 3.8) is 0 Å². The van der Waals surface area contributed by atoms with Crippen LogP contribution in [0.25, 0.3) is 0 Å². The molecule has 0 amide bonds. The predicted molar refractivity (Wildman–Crippen MR) is 69.7 cm³/mol. The van der Waals surface area contributed by atoms with Gasteiger partial charge in [0.2, 0.25) is 0 Å². The summed E-state index contributed by atoms with van der Waals surface area (Å²) in [5.41, 5.74) is -0.925. The van der Waals surface area contributed by atoms with E-state index in [1.54, 1.807) is 0 Å². The van der Waals surface area contributed by atoms with Crippen LogP contribution in [0.1, 0.15) is 24.6 Å². The number of rotatable bonds is 3. The topological polar surface area (TPSA) is 58.4 Å². The maximum absolute atomic E-state index is 12.5. The summed E-state index contributed by atoms with van der Waals surface area (Å²) in [5, 5.41) is 3.54. The van der Waals surface area contributed by atoms with Gasteiger partial charge in [0, 0.05) is 33.4 Å². The first-order valence-corrected chi connectivity index (χ1v) is 7.82. The number of halogens is 3. The van der Waals surface area contributed by atoms with E-state index in [1.165, 1.54) is 29.3 Å². The average molecular weight is 326 g/mol. The maximum atomic E-state index is 12.5. The van der Waals surface area contributed by atoms with Crippen LogP contribution < -0.4 is 0 Å². The molecule has 1 aliphatic heterocycles. The van der Waals surface area contributed by atoms with Gasteiger partial charge < -0.3 is 0 Å². The molecule has 0 saturated carbocycles. The molecule has 6 nitrogen and oxygen atoms in total. The monoisotopic (exact) mass is 326 g/mol. The molecule has 1 saturated heterocycles. The Bertz CT molecular complexity index is 589. The third-order valence-corrected chi connectivity index (χ3v) is 5.42. The molecule has 21 heavy (non-hydrogen) atoms. The number of aromatic nitrogens is 2. The number of piperidine rings is 1. The Morgan fingerprint density at radius 1 is 1.29 bits per heavy atom. The Balaban J connectivity index is 2.03. The zero-order valence-electron chi connectivity index (χ0n) is 11.7. The van der Waals surface area contributed by atoms with E-state index < -0.39 is 22.1 Å². The van der Waals surface area contributed by atoms with Gasteiger partial charge in [-0.05, 0) is 18.9 Å². The summed E-state index contributed by atoms with van der Waals surface area (Å²) in [6.45, 7) is 0.540. The standard InChI is InChI=1S/C11H17F3N4O2S/c1-16(2)21(19,20)17-6-3-9(4-7-17)18-8-5-10(15-18)11(12,13)14/h5,8-9H,3-4,6-7H2,1-2H3. The molecule has 1 aromatic heterocycles. The van der Waals surface area contributed by atoms with E-state index in [1.807, 2.05) is 0 Å². The molecule has 2 rings (SSSR count). The van der Waals surface area contributed by atoms with Crippen molar-refractivity contribution in [2.75, 3.05) is 27.2 Å². The van der Waals surface area contributed by atoms with E-state index in [9.17, 15) is 21.6 Å². The first kappa shape index (κ1) is 16.2. The predicted octanol–water partition coefficient (Wildman–Crippen LogP) is 1.35. The molecule has 1 fully saturated rings. The van der Waals surface area contributed by atoms with Crippen molar-refractivity contribution < 1.29 is 21.6 Å². The lowest BCUT2D eigenvalue weighted by Gasteiger charge is -2.32. The molecule has 0 radical (unpaired) electrons. The second-order valence-electron chi connectivity index (χ2n) is 5.10. The molecule has 0 aromatic carbocycles. The fraction of sp³-hybridized carbons (Fsp3) is 0.727. The summed E-state index contributed by atoms with van der Waals surface area (Å²) in [6.07, 6.45) is -2.29. The van der Waals surface area contributed by atoms with E-state index in [0.29, 0.717) is 12.8 Å². The van der Waals surface area contributed by atoms with Gasteiger partial charge in [-0.2, -0.15) is 35.3 Å². The minimum Gasteiger partial charge on any atom is -0.269 e. The van der Waals surface area contributed by atoms with Gasteiger partial charge in [0.05, 0.1) is 6.04 Å². The molecule has 2 heterocycles.